The van der Waals surface area contributed by atoms with Crippen molar-refractivity contribution in [2.24, 2.45) is 0 Å². The largest absolute Gasteiger partial charge is 0.368 e. The summed E-state index contributed by atoms with van der Waals surface area (Å²) >= 11 is 3.75. The third-order valence-electron chi connectivity index (χ3n) is 6.12. The minimum absolute atomic E-state index is 0.167. The minimum Gasteiger partial charge on any atom is -0.368 e. The number of rotatable bonds is 4. The lowest BCUT2D eigenvalue weighted by Gasteiger charge is -2.36. The van der Waals surface area contributed by atoms with Crippen molar-refractivity contribution in [3.8, 4) is 0 Å². The van der Waals surface area contributed by atoms with E-state index in [-0.39, 0.29) is 5.91 Å². The normalized spacial score (nSPS) is 18.0. The van der Waals surface area contributed by atoms with Crippen LogP contribution >= 0.6 is 22.7 Å². The number of amides is 1. The molecule has 4 heterocycles. The molecule has 2 aliphatic heterocycles. The quantitative estimate of drug-likeness (QED) is 0.645. The van der Waals surface area contributed by atoms with Crippen LogP contribution in [0.1, 0.15) is 28.2 Å². The van der Waals surface area contributed by atoms with Gasteiger partial charge in [0, 0.05) is 64.4 Å². The van der Waals surface area contributed by atoms with Crippen molar-refractivity contribution in [2.45, 2.75) is 32.6 Å². The average molecular weight is 426 g/mol. The molecule has 0 atom stereocenters. The van der Waals surface area contributed by atoms with Crippen LogP contribution in [0, 0.1) is 6.92 Å². The Labute approximate surface area is 180 Å². The van der Waals surface area contributed by atoms with E-state index in [2.05, 4.69) is 51.7 Å². The first-order valence-electron chi connectivity index (χ1n) is 10.5. The van der Waals surface area contributed by atoms with Gasteiger partial charge in [-0.1, -0.05) is 12.1 Å². The number of hydrogen-bond acceptors (Lipinski definition) is 5. The average Bonchev–Trinajstić information content (AvgIpc) is 3.28. The van der Waals surface area contributed by atoms with Gasteiger partial charge in [-0.05, 0) is 43.9 Å². The molecule has 0 unspecified atom stereocenters. The van der Waals surface area contributed by atoms with Crippen LogP contribution in [0.2, 0.25) is 0 Å². The highest BCUT2D eigenvalue weighted by Crippen LogP contribution is 2.36. The summed E-state index contributed by atoms with van der Waals surface area (Å²) < 4.78 is 1.40. The van der Waals surface area contributed by atoms with Crippen LogP contribution in [-0.2, 0) is 17.6 Å². The molecule has 1 aromatic carbocycles. The third-order valence-corrected chi connectivity index (χ3v) is 8.31. The lowest BCUT2D eigenvalue weighted by molar-refractivity contribution is -0.116. The molecule has 29 heavy (non-hydrogen) atoms. The van der Waals surface area contributed by atoms with Gasteiger partial charge in [0.2, 0.25) is 5.91 Å². The van der Waals surface area contributed by atoms with E-state index in [0.29, 0.717) is 6.42 Å². The van der Waals surface area contributed by atoms with Gasteiger partial charge in [-0.15, -0.1) is 22.7 Å². The molecule has 0 spiro atoms. The highest BCUT2D eigenvalue weighted by atomic mass is 32.1. The Morgan fingerprint density at radius 3 is 2.86 bits per heavy atom. The number of nitrogens with one attached hydrogen (secondary N) is 1. The fraction of sp³-hybridized carbons (Fsp3) is 0.435. The minimum atomic E-state index is 0.167. The zero-order valence-corrected chi connectivity index (χ0v) is 18.5. The molecular formula is C23H27N3OS2. The summed E-state index contributed by atoms with van der Waals surface area (Å²) in [5.74, 6) is 0.167. The molecule has 0 aliphatic carbocycles. The SMILES string of the molecule is Cc1cccc2scc(N3CCN(CCc4cc5c(s4)CCCC(=O)N5)CC3)c12. The van der Waals surface area contributed by atoms with Gasteiger partial charge in [-0.25, -0.2) is 0 Å². The number of aryl methyl sites for hydroxylation is 2. The van der Waals surface area contributed by atoms with Crippen LogP contribution in [0.25, 0.3) is 10.1 Å². The monoisotopic (exact) mass is 425 g/mol. The van der Waals surface area contributed by atoms with Crippen LogP contribution in [0.15, 0.2) is 29.6 Å². The van der Waals surface area contributed by atoms with Crippen LogP contribution in [0.4, 0.5) is 11.4 Å². The highest BCUT2D eigenvalue weighted by Gasteiger charge is 2.21. The molecule has 1 N–H and O–H groups in total. The van der Waals surface area contributed by atoms with Gasteiger partial charge in [0.15, 0.2) is 0 Å². The molecular weight excluding hydrogens is 398 g/mol. The molecule has 0 saturated carbocycles. The third kappa shape index (κ3) is 3.93. The number of carbonyl (C=O) groups excluding carboxylic acids is 1. The van der Waals surface area contributed by atoms with E-state index in [1.807, 2.05) is 22.7 Å². The van der Waals surface area contributed by atoms with E-state index < -0.39 is 0 Å². The van der Waals surface area contributed by atoms with E-state index in [1.165, 1.54) is 31.1 Å². The van der Waals surface area contributed by atoms with Crippen molar-refractivity contribution in [3.05, 3.63) is 45.0 Å². The lowest BCUT2D eigenvalue weighted by atomic mass is 10.1. The maximum Gasteiger partial charge on any atom is 0.224 e. The lowest BCUT2D eigenvalue weighted by Crippen LogP contribution is -2.46. The van der Waals surface area contributed by atoms with E-state index in [9.17, 15) is 4.79 Å². The number of carbonyl (C=O) groups is 1. The molecule has 5 rings (SSSR count). The van der Waals surface area contributed by atoms with E-state index >= 15 is 0 Å². The van der Waals surface area contributed by atoms with Gasteiger partial charge in [0.25, 0.3) is 0 Å². The fourth-order valence-electron chi connectivity index (χ4n) is 4.48. The van der Waals surface area contributed by atoms with Crippen LogP contribution in [0.3, 0.4) is 0 Å². The molecule has 152 valence electrons. The molecule has 0 bridgehead atoms. The first kappa shape index (κ1) is 19.1. The first-order chi connectivity index (χ1) is 14.2. The zero-order valence-electron chi connectivity index (χ0n) is 16.9. The first-order valence-corrected chi connectivity index (χ1v) is 12.2. The Bertz CT molecular complexity index is 1030. The Hall–Kier alpha value is -1.89. The molecule has 0 radical (unpaired) electrons. The molecule has 3 aromatic rings. The van der Waals surface area contributed by atoms with Crippen molar-refractivity contribution in [1.82, 2.24) is 4.90 Å². The Balaban J connectivity index is 1.19. The summed E-state index contributed by atoms with van der Waals surface area (Å²) in [7, 11) is 0. The van der Waals surface area contributed by atoms with Crippen molar-refractivity contribution >= 4 is 50.0 Å². The van der Waals surface area contributed by atoms with Gasteiger partial charge in [0.05, 0.1) is 11.4 Å². The summed E-state index contributed by atoms with van der Waals surface area (Å²) in [6, 6.07) is 8.82. The van der Waals surface area contributed by atoms with Crippen molar-refractivity contribution in [3.63, 3.8) is 0 Å². The Morgan fingerprint density at radius 2 is 2.00 bits per heavy atom. The zero-order chi connectivity index (χ0) is 19.8. The second-order valence-electron chi connectivity index (χ2n) is 8.10. The topological polar surface area (TPSA) is 35.6 Å². The van der Waals surface area contributed by atoms with Gasteiger partial charge in [0.1, 0.15) is 0 Å². The number of benzene rings is 1. The van der Waals surface area contributed by atoms with Gasteiger partial charge in [-0.3, -0.25) is 9.69 Å². The van der Waals surface area contributed by atoms with E-state index in [1.54, 1.807) is 0 Å². The predicted octanol–water partition coefficient (Wildman–Crippen LogP) is 4.91. The molecule has 4 nitrogen and oxygen atoms in total. The standard InChI is InChI=1S/C23H27N3OS2/c1-16-4-2-6-21-23(16)19(15-28-21)26-12-10-25(11-13-26)9-8-17-14-18-20(29-17)5-3-7-22(27)24-18/h2,4,6,14-15H,3,5,7-13H2,1H3,(H,24,27). The van der Waals surface area contributed by atoms with Gasteiger partial charge < -0.3 is 10.2 Å². The summed E-state index contributed by atoms with van der Waals surface area (Å²) in [5.41, 5.74) is 3.86. The predicted molar refractivity (Wildman–Crippen MR) is 125 cm³/mol. The molecule has 2 aromatic heterocycles. The summed E-state index contributed by atoms with van der Waals surface area (Å²) in [6.07, 6.45) is 3.73. The van der Waals surface area contributed by atoms with E-state index in [4.69, 9.17) is 0 Å². The summed E-state index contributed by atoms with van der Waals surface area (Å²) in [4.78, 5) is 19.7. The Morgan fingerprint density at radius 1 is 1.14 bits per heavy atom. The molecule has 6 heteroatoms. The highest BCUT2D eigenvalue weighted by molar-refractivity contribution is 7.17. The van der Waals surface area contributed by atoms with Crippen LogP contribution in [0.5, 0.6) is 0 Å². The number of hydrogen-bond donors (Lipinski definition) is 1. The number of piperazine rings is 1. The van der Waals surface area contributed by atoms with Gasteiger partial charge in [-0.2, -0.15) is 0 Å². The van der Waals surface area contributed by atoms with Crippen molar-refractivity contribution in [1.29, 1.82) is 0 Å². The summed E-state index contributed by atoms with van der Waals surface area (Å²) in [5, 5.41) is 6.85. The number of nitrogens with zero attached hydrogens (tertiary/aromatic N) is 2. The van der Waals surface area contributed by atoms with Crippen LogP contribution in [-0.4, -0.2) is 43.5 Å². The van der Waals surface area contributed by atoms with E-state index in [0.717, 1.165) is 57.7 Å². The summed E-state index contributed by atoms with van der Waals surface area (Å²) in [6.45, 7) is 7.74. The molecule has 2 aliphatic rings. The van der Waals surface area contributed by atoms with Gasteiger partial charge >= 0.3 is 0 Å². The molecule has 1 fully saturated rings. The smallest absolute Gasteiger partial charge is 0.224 e. The van der Waals surface area contributed by atoms with Crippen molar-refractivity contribution < 1.29 is 4.79 Å². The second kappa shape index (κ2) is 8.09. The second-order valence-corrected chi connectivity index (χ2v) is 10.2. The fourth-order valence-corrected chi connectivity index (χ4v) is 6.68. The maximum absolute atomic E-state index is 11.8. The maximum atomic E-state index is 11.8. The van der Waals surface area contributed by atoms with Crippen molar-refractivity contribution in [2.75, 3.05) is 42.9 Å². The number of fused-ring (bicyclic) bond motifs is 2. The number of anilines is 2. The molecule has 1 amide bonds. The number of thiophene rings is 2. The molecule has 1 saturated heterocycles. The Kier molecular flexibility index (Phi) is 5.33. The van der Waals surface area contributed by atoms with Crippen LogP contribution < -0.4 is 10.2 Å².